The van der Waals surface area contributed by atoms with Crippen LogP contribution in [0, 0.1) is 10.1 Å². The Morgan fingerprint density at radius 1 is 1.26 bits per heavy atom. The third kappa shape index (κ3) is 4.89. The summed E-state index contributed by atoms with van der Waals surface area (Å²) in [5.41, 5.74) is 6.70. The van der Waals surface area contributed by atoms with Crippen LogP contribution >= 0.6 is 0 Å². The van der Waals surface area contributed by atoms with Gasteiger partial charge in [-0.05, 0) is 16.9 Å². The predicted octanol–water partition coefficient (Wildman–Crippen LogP) is 0.821. The molecule has 0 fully saturated rings. The Morgan fingerprint density at radius 3 is 2.61 bits per heavy atom. The third-order valence-electron chi connectivity index (χ3n) is 3.38. The Hall–Kier alpha value is -2.74. The lowest BCUT2D eigenvalue weighted by Crippen LogP contribution is -2.39. The molecule has 23 heavy (non-hydrogen) atoms. The third-order valence-corrected chi connectivity index (χ3v) is 3.38. The summed E-state index contributed by atoms with van der Waals surface area (Å²) in [7, 11) is 0. The Bertz CT molecular complexity index is 656. The van der Waals surface area contributed by atoms with Crippen molar-refractivity contribution >= 4 is 11.7 Å². The number of amides is 1. The molecule has 0 saturated heterocycles. The maximum absolute atomic E-state index is 12.3. The van der Waals surface area contributed by atoms with Crippen LogP contribution in [-0.4, -0.2) is 45.1 Å². The molecule has 2 N–H and O–H groups in total. The van der Waals surface area contributed by atoms with Crippen LogP contribution in [0.3, 0.4) is 0 Å². The fraction of sp³-hybridized carbons (Fsp3) is 0.333. The van der Waals surface area contributed by atoms with Gasteiger partial charge in [0.1, 0.15) is 6.54 Å². The summed E-state index contributed by atoms with van der Waals surface area (Å²) in [5, 5.41) is 14.4. The van der Waals surface area contributed by atoms with Crippen molar-refractivity contribution in [2.45, 2.75) is 13.0 Å². The van der Waals surface area contributed by atoms with Crippen LogP contribution in [0.25, 0.3) is 0 Å². The average Bonchev–Trinajstić information content (AvgIpc) is 3.01. The van der Waals surface area contributed by atoms with Gasteiger partial charge in [0, 0.05) is 19.6 Å². The highest BCUT2D eigenvalue weighted by Crippen LogP contribution is 2.06. The molecule has 8 heteroatoms. The first kappa shape index (κ1) is 16.6. The SMILES string of the molecule is NCCN(CCc1ccccc1)C(=O)Cn1ccc([N+](=O)[O-])n1. The average molecular weight is 317 g/mol. The number of hydrogen-bond donors (Lipinski definition) is 1. The Morgan fingerprint density at radius 2 is 2.00 bits per heavy atom. The first-order valence-electron chi connectivity index (χ1n) is 7.30. The molecule has 122 valence electrons. The highest BCUT2D eigenvalue weighted by atomic mass is 16.6. The summed E-state index contributed by atoms with van der Waals surface area (Å²) in [5.74, 6) is -0.433. The second-order valence-corrected chi connectivity index (χ2v) is 5.03. The molecule has 0 bridgehead atoms. The van der Waals surface area contributed by atoms with Gasteiger partial charge < -0.3 is 20.7 Å². The monoisotopic (exact) mass is 317 g/mol. The minimum Gasteiger partial charge on any atom is -0.358 e. The van der Waals surface area contributed by atoms with Gasteiger partial charge >= 0.3 is 5.82 Å². The highest BCUT2D eigenvalue weighted by Gasteiger charge is 2.17. The van der Waals surface area contributed by atoms with Crippen LogP contribution in [0.1, 0.15) is 5.56 Å². The summed E-state index contributed by atoms with van der Waals surface area (Å²) in [6.45, 7) is 1.31. The largest absolute Gasteiger partial charge is 0.389 e. The second-order valence-electron chi connectivity index (χ2n) is 5.03. The summed E-state index contributed by atoms with van der Waals surface area (Å²) >= 11 is 0. The second kappa shape index (κ2) is 8.04. The Kier molecular flexibility index (Phi) is 5.81. The number of nitrogens with zero attached hydrogens (tertiary/aromatic N) is 4. The van der Waals surface area contributed by atoms with Crippen molar-refractivity contribution in [2.75, 3.05) is 19.6 Å². The summed E-state index contributed by atoms with van der Waals surface area (Å²) in [6, 6.07) is 11.1. The van der Waals surface area contributed by atoms with E-state index in [1.165, 1.54) is 16.9 Å². The fourth-order valence-electron chi connectivity index (χ4n) is 2.20. The van der Waals surface area contributed by atoms with Gasteiger partial charge in [0.25, 0.3) is 0 Å². The Balaban J connectivity index is 1.95. The number of aromatic nitrogens is 2. The highest BCUT2D eigenvalue weighted by molar-refractivity contribution is 5.76. The molecule has 0 saturated carbocycles. The molecule has 0 atom stereocenters. The molecular weight excluding hydrogens is 298 g/mol. The molecule has 1 amide bonds. The van der Waals surface area contributed by atoms with E-state index in [1.807, 2.05) is 30.3 Å². The molecular formula is C15H19N5O3. The summed E-state index contributed by atoms with van der Waals surface area (Å²) in [6.07, 6.45) is 2.15. The lowest BCUT2D eigenvalue weighted by Gasteiger charge is -2.21. The standard InChI is InChI=1S/C15H19N5O3/c16-8-11-18(9-6-13-4-2-1-3-5-13)15(21)12-19-10-7-14(17-19)20(22)23/h1-5,7,10H,6,8-9,11-12,16H2. The van der Waals surface area contributed by atoms with E-state index in [9.17, 15) is 14.9 Å². The number of rotatable bonds is 8. The van der Waals surface area contributed by atoms with Crippen molar-refractivity contribution in [3.63, 3.8) is 0 Å². The van der Waals surface area contributed by atoms with Crippen LogP contribution in [-0.2, 0) is 17.8 Å². The first-order valence-corrected chi connectivity index (χ1v) is 7.30. The van der Waals surface area contributed by atoms with Gasteiger partial charge in [0.2, 0.25) is 5.91 Å². The molecule has 0 aliphatic rings. The molecule has 0 unspecified atom stereocenters. The first-order chi connectivity index (χ1) is 11.1. The van der Waals surface area contributed by atoms with Crippen molar-refractivity contribution in [1.82, 2.24) is 14.7 Å². The minimum atomic E-state index is -0.589. The van der Waals surface area contributed by atoms with Crippen molar-refractivity contribution in [1.29, 1.82) is 0 Å². The van der Waals surface area contributed by atoms with Gasteiger partial charge in [0.05, 0.1) is 17.4 Å². The van der Waals surface area contributed by atoms with Gasteiger partial charge in [-0.25, -0.2) is 0 Å². The van der Waals surface area contributed by atoms with E-state index in [4.69, 9.17) is 5.73 Å². The van der Waals surface area contributed by atoms with Crippen LogP contribution in [0.4, 0.5) is 5.82 Å². The maximum Gasteiger partial charge on any atom is 0.389 e. The fourth-order valence-corrected chi connectivity index (χ4v) is 2.20. The van der Waals surface area contributed by atoms with E-state index >= 15 is 0 Å². The lowest BCUT2D eigenvalue weighted by molar-refractivity contribution is -0.389. The Labute approximate surface area is 133 Å². The van der Waals surface area contributed by atoms with Crippen molar-refractivity contribution in [3.05, 3.63) is 58.3 Å². The molecule has 8 nitrogen and oxygen atoms in total. The zero-order valence-corrected chi connectivity index (χ0v) is 12.7. The van der Waals surface area contributed by atoms with Gasteiger partial charge in [-0.2, -0.15) is 4.68 Å². The molecule has 1 heterocycles. The molecule has 0 aliphatic carbocycles. The van der Waals surface area contributed by atoms with Gasteiger partial charge in [-0.3, -0.25) is 4.79 Å². The number of hydrogen-bond acceptors (Lipinski definition) is 5. The number of nitro groups is 1. The van der Waals surface area contributed by atoms with Gasteiger partial charge in [-0.15, -0.1) is 0 Å². The minimum absolute atomic E-state index is 0.0391. The lowest BCUT2D eigenvalue weighted by atomic mass is 10.1. The smallest absolute Gasteiger partial charge is 0.358 e. The van der Waals surface area contributed by atoms with E-state index in [2.05, 4.69) is 5.10 Å². The molecule has 2 aromatic rings. The van der Waals surface area contributed by atoms with E-state index in [-0.39, 0.29) is 18.3 Å². The molecule has 1 aromatic carbocycles. The molecule has 0 aliphatic heterocycles. The number of nitrogens with two attached hydrogens (primary N) is 1. The zero-order valence-electron chi connectivity index (χ0n) is 12.7. The predicted molar refractivity (Wildman–Crippen MR) is 84.7 cm³/mol. The van der Waals surface area contributed by atoms with E-state index in [1.54, 1.807) is 4.90 Å². The van der Waals surface area contributed by atoms with Crippen molar-refractivity contribution < 1.29 is 9.72 Å². The van der Waals surface area contributed by atoms with E-state index in [0.717, 1.165) is 12.0 Å². The van der Waals surface area contributed by atoms with Gasteiger partial charge in [-0.1, -0.05) is 30.3 Å². The topological polar surface area (TPSA) is 107 Å². The maximum atomic E-state index is 12.3. The van der Waals surface area contributed by atoms with Gasteiger partial charge in [0.15, 0.2) is 0 Å². The molecule has 2 rings (SSSR count). The number of carbonyl (C=O) groups excluding carboxylic acids is 1. The zero-order chi connectivity index (χ0) is 16.7. The van der Waals surface area contributed by atoms with Crippen LogP contribution < -0.4 is 5.73 Å². The van der Waals surface area contributed by atoms with Crippen LogP contribution in [0.5, 0.6) is 0 Å². The quantitative estimate of drug-likeness (QED) is 0.573. The van der Waals surface area contributed by atoms with Crippen LogP contribution in [0.2, 0.25) is 0 Å². The number of benzene rings is 1. The molecule has 1 aromatic heterocycles. The van der Waals surface area contributed by atoms with E-state index in [0.29, 0.717) is 19.6 Å². The molecule has 0 spiro atoms. The normalized spacial score (nSPS) is 10.5. The van der Waals surface area contributed by atoms with Crippen molar-refractivity contribution in [2.24, 2.45) is 5.73 Å². The number of carbonyl (C=O) groups is 1. The van der Waals surface area contributed by atoms with Crippen LogP contribution in [0.15, 0.2) is 42.6 Å². The molecule has 0 radical (unpaired) electrons. The summed E-state index contributed by atoms with van der Waals surface area (Å²) < 4.78 is 1.27. The summed E-state index contributed by atoms with van der Waals surface area (Å²) in [4.78, 5) is 24.0. The van der Waals surface area contributed by atoms with Crippen molar-refractivity contribution in [3.8, 4) is 0 Å². The van der Waals surface area contributed by atoms with E-state index < -0.39 is 4.92 Å².